The fraction of sp³-hybridized carbons (Fsp3) is 0.571. The van der Waals surface area contributed by atoms with Gasteiger partial charge < -0.3 is 14.8 Å². The molecule has 2 aliphatic heterocycles. The number of rotatable bonds is 2. The molecule has 0 bridgehead atoms. The summed E-state index contributed by atoms with van der Waals surface area (Å²) < 4.78 is 11.5. The Morgan fingerprint density at radius 2 is 2.06 bits per heavy atom. The molecule has 1 aromatic carbocycles. The van der Waals surface area contributed by atoms with Crippen molar-refractivity contribution in [2.45, 2.75) is 30.7 Å². The zero-order chi connectivity index (χ0) is 12.4. The highest BCUT2D eigenvalue weighted by atomic mass is 32.2. The number of fused-ring (bicyclic) bond motifs is 2. The van der Waals surface area contributed by atoms with Crippen LogP contribution in [0.2, 0.25) is 0 Å². The molecule has 3 rings (SSSR count). The second-order valence-corrected chi connectivity index (χ2v) is 5.77. The van der Waals surface area contributed by atoms with E-state index in [-0.39, 0.29) is 0 Å². The van der Waals surface area contributed by atoms with E-state index in [0.29, 0.717) is 6.04 Å². The first-order chi connectivity index (χ1) is 8.88. The zero-order valence-electron chi connectivity index (χ0n) is 10.7. The molecule has 0 saturated carbocycles. The number of hydrogen-bond donors (Lipinski definition) is 1. The maximum absolute atomic E-state index is 5.78. The van der Waals surface area contributed by atoms with E-state index >= 15 is 0 Å². The maximum Gasteiger partial charge on any atom is 0.162 e. The lowest BCUT2D eigenvalue weighted by Crippen LogP contribution is -2.24. The second-order valence-electron chi connectivity index (χ2n) is 4.63. The topological polar surface area (TPSA) is 30.5 Å². The van der Waals surface area contributed by atoms with Gasteiger partial charge in [0, 0.05) is 17.4 Å². The number of thioether (sulfide) groups is 1. The SMILES string of the molecule is CCNC1CCSc2cc3c(cc21)OCCCO3. The van der Waals surface area contributed by atoms with Crippen molar-refractivity contribution in [3.05, 3.63) is 17.7 Å². The number of nitrogens with one attached hydrogen (secondary N) is 1. The zero-order valence-corrected chi connectivity index (χ0v) is 11.5. The molecular formula is C14H19NO2S. The number of hydrogen-bond acceptors (Lipinski definition) is 4. The van der Waals surface area contributed by atoms with Crippen LogP contribution in [0.3, 0.4) is 0 Å². The van der Waals surface area contributed by atoms with Gasteiger partial charge in [-0.2, -0.15) is 0 Å². The van der Waals surface area contributed by atoms with Crippen molar-refractivity contribution < 1.29 is 9.47 Å². The normalized spacial score (nSPS) is 22.2. The lowest BCUT2D eigenvalue weighted by Gasteiger charge is -2.26. The Balaban J connectivity index is 1.97. The standard InChI is InChI=1S/C14H19NO2S/c1-2-15-11-4-7-18-14-9-13-12(8-10(11)14)16-5-3-6-17-13/h8-9,11,15H,2-7H2,1H3. The van der Waals surface area contributed by atoms with Gasteiger partial charge in [-0.05, 0) is 36.4 Å². The molecule has 0 aromatic heterocycles. The van der Waals surface area contributed by atoms with Gasteiger partial charge in [0.15, 0.2) is 11.5 Å². The van der Waals surface area contributed by atoms with Crippen molar-refractivity contribution in [1.29, 1.82) is 0 Å². The summed E-state index contributed by atoms with van der Waals surface area (Å²) in [6.45, 7) is 4.67. The molecule has 0 amide bonds. The van der Waals surface area contributed by atoms with Crippen LogP contribution >= 0.6 is 11.8 Å². The molecule has 0 fully saturated rings. The van der Waals surface area contributed by atoms with Crippen LogP contribution in [-0.4, -0.2) is 25.5 Å². The van der Waals surface area contributed by atoms with Crippen LogP contribution in [0.25, 0.3) is 0 Å². The molecule has 0 spiro atoms. The van der Waals surface area contributed by atoms with E-state index < -0.39 is 0 Å². The van der Waals surface area contributed by atoms with E-state index in [1.165, 1.54) is 22.6 Å². The molecule has 0 saturated heterocycles. The molecule has 1 unspecified atom stereocenters. The lowest BCUT2D eigenvalue weighted by atomic mass is 10.0. The van der Waals surface area contributed by atoms with Gasteiger partial charge in [0.25, 0.3) is 0 Å². The fourth-order valence-corrected chi connectivity index (χ4v) is 3.64. The van der Waals surface area contributed by atoms with Gasteiger partial charge >= 0.3 is 0 Å². The lowest BCUT2D eigenvalue weighted by molar-refractivity contribution is 0.296. The molecule has 0 radical (unpaired) electrons. The van der Waals surface area contributed by atoms with Gasteiger partial charge in [-0.15, -0.1) is 11.8 Å². The highest BCUT2D eigenvalue weighted by Gasteiger charge is 2.23. The third-order valence-electron chi connectivity index (χ3n) is 3.37. The number of benzene rings is 1. The van der Waals surface area contributed by atoms with Gasteiger partial charge in [0.05, 0.1) is 13.2 Å². The summed E-state index contributed by atoms with van der Waals surface area (Å²) in [6, 6.07) is 4.79. The van der Waals surface area contributed by atoms with E-state index in [4.69, 9.17) is 9.47 Å². The van der Waals surface area contributed by atoms with Crippen molar-refractivity contribution in [2.24, 2.45) is 0 Å². The van der Waals surface area contributed by atoms with Gasteiger partial charge in [-0.25, -0.2) is 0 Å². The van der Waals surface area contributed by atoms with Gasteiger partial charge in [0.2, 0.25) is 0 Å². The Bertz CT molecular complexity index is 436. The molecule has 2 aliphatic rings. The van der Waals surface area contributed by atoms with E-state index in [1.54, 1.807) is 0 Å². The first-order valence-electron chi connectivity index (χ1n) is 6.68. The van der Waals surface area contributed by atoms with E-state index in [2.05, 4.69) is 24.4 Å². The average Bonchev–Trinajstić information content (AvgIpc) is 2.62. The van der Waals surface area contributed by atoms with Gasteiger partial charge in [0.1, 0.15) is 0 Å². The summed E-state index contributed by atoms with van der Waals surface area (Å²) in [5, 5.41) is 3.55. The van der Waals surface area contributed by atoms with Crippen LogP contribution in [0, 0.1) is 0 Å². The largest absolute Gasteiger partial charge is 0.490 e. The monoisotopic (exact) mass is 265 g/mol. The maximum atomic E-state index is 5.78. The van der Waals surface area contributed by atoms with Crippen LogP contribution in [0.15, 0.2) is 17.0 Å². The minimum absolute atomic E-state index is 0.461. The quantitative estimate of drug-likeness (QED) is 0.890. The smallest absolute Gasteiger partial charge is 0.162 e. The Morgan fingerprint density at radius 3 is 2.83 bits per heavy atom. The highest BCUT2D eigenvalue weighted by Crippen LogP contribution is 2.43. The minimum Gasteiger partial charge on any atom is -0.490 e. The van der Waals surface area contributed by atoms with E-state index in [0.717, 1.165) is 37.7 Å². The van der Waals surface area contributed by atoms with Crippen LogP contribution in [0.1, 0.15) is 31.4 Å². The van der Waals surface area contributed by atoms with Crippen LogP contribution in [0.5, 0.6) is 11.5 Å². The third kappa shape index (κ3) is 2.31. The van der Waals surface area contributed by atoms with E-state index in [1.807, 2.05) is 11.8 Å². The molecule has 3 nitrogen and oxygen atoms in total. The molecular weight excluding hydrogens is 246 g/mol. The van der Waals surface area contributed by atoms with Crippen LogP contribution in [0.4, 0.5) is 0 Å². The molecule has 1 atom stereocenters. The Hall–Kier alpha value is -0.870. The van der Waals surface area contributed by atoms with Gasteiger partial charge in [-0.3, -0.25) is 0 Å². The first kappa shape index (κ1) is 12.2. The molecule has 2 heterocycles. The predicted molar refractivity (Wildman–Crippen MR) is 73.8 cm³/mol. The first-order valence-corrected chi connectivity index (χ1v) is 7.66. The van der Waals surface area contributed by atoms with Crippen molar-refractivity contribution in [2.75, 3.05) is 25.5 Å². The fourth-order valence-electron chi connectivity index (χ4n) is 2.50. The summed E-state index contributed by atoms with van der Waals surface area (Å²) in [5.74, 6) is 3.00. The molecule has 1 N–H and O–H groups in total. The van der Waals surface area contributed by atoms with Crippen molar-refractivity contribution >= 4 is 11.8 Å². The second kappa shape index (κ2) is 5.41. The highest BCUT2D eigenvalue weighted by molar-refractivity contribution is 7.99. The summed E-state index contributed by atoms with van der Waals surface area (Å²) in [7, 11) is 0. The molecule has 4 heteroatoms. The summed E-state index contributed by atoms with van der Waals surface area (Å²) in [6.07, 6.45) is 2.15. The predicted octanol–water partition coefficient (Wildman–Crippen LogP) is 2.99. The Labute approximate surface area is 112 Å². The number of ether oxygens (including phenoxy) is 2. The summed E-state index contributed by atoms with van der Waals surface area (Å²) >= 11 is 1.92. The Morgan fingerprint density at radius 1 is 1.28 bits per heavy atom. The molecule has 98 valence electrons. The van der Waals surface area contributed by atoms with Crippen LogP contribution < -0.4 is 14.8 Å². The molecule has 0 aliphatic carbocycles. The molecule has 1 aromatic rings. The Kier molecular flexibility index (Phi) is 3.66. The van der Waals surface area contributed by atoms with Crippen molar-refractivity contribution in [3.8, 4) is 11.5 Å². The van der Waals surface area contributed by atoms with Crippen LogP contribution in [-0.2, 0) is 0 Å². The van der Waals surface area contributed by atoms with Gasteiger partial charge in [-0.1, -0.05) is 6.92 Å². The minimum atomic E-state index is 0.461. The molecule has 18 heavy (non-hydrogen) atoms. The average molecular weight is 265 g/mol. The van der Waals surface area contributed by atoms with E-state index in [9.17, 15) is 0 Å². The summed E-state index contributed by atoms with van der Waals surface area (Å²) in [4.78, 5) is 1.34. The van der Waals surface area contributed by atoms with Crippen molar-refractivity contribution in [3.63, 3.8) is 0 Å². The summed E-state index contributed by atoms with van der Waals surface area (Å²) in [5.41, 5.74) is 1.37. The third-order valence-corrected chi connectivity index (χ3v) is 4.47. The van der Waals surface area contributed by atoms with Crippen molar-refractivity contribution in [1.82, 2.24) is 5.32 Å².